The fraction of sp³-hybridized carbons (Fsp3) is 0.462. The lowest BCUT2D eigenvalue weighted by Crippen LogP contribution is -2.28. The zero-order valence-corrected chi connectivity index (χ0v) is 10.3. The van der Waals surface area contributed by atoms with Crippen molar-refractivity contribution in [3.05, 3.63) is 30.1 Å². The highest BCUT2D eigenvalue weighted by Crippen LogP contribution is 2.37. The fourth-order valence-electron chi connectivity index (χ4n) is 2.21. The van der Waals surface area contributed by atoms with Crippen LogP contribution in [0, 0.1) is 11.7 Å². The Morgan fingerprint density at radius 1 is 1.24 bits per heavy atom. The molecular formula is C13H15FO2S. The summed E-state index contributed by atoms with van der Waals surface area (Å²) in [7, 11) is 0. The molecule has 1 aromatic rings. The molecule has 0 amide bonds. The van der Waals surface area contributed by atoms with Gasteiger partial charge in [0.2, 0.25) is 0 Å². The summed E-state index contributed by atoms with van der Waals surface area (Å²) in [6.07, 6.45) is 3.77. The van der Waals surface area contributed by atoms with Crippen LogP contribution in [0.15, 0.2) is 29.2 Å². The number of carboxylic acids is 1. The number of carbonyl (C=O) groups is 1. The first-order chi connectivity index (χ1) is 8.16. The van der Waals surface area contributed by atoms with E-state index in [1.807, 2.05) is 0 Å². The highest BCUT2D eigenvalue weighted by molar-refractivity contribution is 8.00. The topological polar surface area (TPSA) is 37.3 Å². The fourth-order valence-corrected chi connectivity index (χ4v) is 3.55. The Hall–Kier alpha value is -1.03. The van der Waals surface area contributed by atoms with Crippen LogP contribution < -0.4 is 0 Å². The van der Waals surface area contributed by atoms with Crippen molar-refractivity contribution >= 4 is 17.7 Å². The maximum absolute atomic E-state index is 12.8. The summed E-state index contributed by atoms with van der Waals surface area (Å²) in [5, 5.41) is 9.27. The zero-order valence-electron chi connectivity index (χ0n) is 9.43. The van der Waals surface area contributed by atoms with Crippen LogP contribution in [0.1, 0.15) is 25.7 Å². The second-order valence-electron chi connectivity index (χ2n) is 4.34. The third kappa shape index (κ3) is 3.22. The number of hydrogen-bond acceptors (Lipinski definition) is 2. The quantitative estimate of drug-likeness (QED) is 0.896. The van der Waals surface area contributed by atoms with Crippen molar-refractivity contribution in [2.24, 2.45) is 5.92 Å². The van der Waals surface area contributed by atoms with Gasteiger partial charge in [-0.15, -0.1) is 11.8 Å². The van der Waals surface area contributed by atoms with E-state index in [0.29, 0.717) is 0 Å². The van der Waals surface area contributed by atoms with Gasteiger partial charge in [-0.2, -0.15) is 0 Å². The molecule has 0 heterocycles. The van der Waals surface area contributed by atoms with Gasteiger partial charge in [0.15, 0.2) is 0 Å². The molecule has 1 aliphatic rings. The monoisotopic (exact) mass is 254 g/mol. The number of thioether (sulfide) groups is 1. The molecule has 2 nitrogen and oxygen atoms in total. The van der Waals surface area contributed by atoms with E-state index in [-0.39, 0.29) is 17.0 Å². The molecule has 0 bridgehead atoms. The second-order valence-corrected chi connectivity index (χ2v) is 5.65. The van der Waals surface area contributed by atoms with E-state index in [1.54, 1.807) is 23.9 Å². The van der Waals surface area contributed by atoms with Gasteiger partial charge in [0, 0.05) is 10.1 Å². The summed E-state index contributed by atoms with van der Waals surface area (Å²) in [5.74, 6) is -1.23. The van der Waals surface area contributed by atoms with Crippen molar-refractivity contribution in [1.82, 2.24) is 0 Å². The molecule has 0 aliphatic heterocycles. The minimum Gasteiger partial charge on any atom is -0.481 e. The highest BCUT2D eigenvalue weighted by Gasteiger charge is 2.31. The summed E-state index contributed by atoms with van der Waals surface area (Å²) in [6, 6.07) is 6.27. The first kappa shape index (κ1) is 12.4. The van der Waals surface area contributed by atoms with Gasteiger partial charge >= 0.3 is 5.97 Å². The Morgan fingerprint density at radius 3 is 2.53 bits per heavy atom. The molecule has 0 aromatic heterocycles. The van der Waals surface area contributed by atoms with E-state index in [1.165, 1.54) is 12.1 Å². The van der Waals surface area contributed by atoms with Gasteiger partial charge in [-0.3, -0.25) is 4.79 Å². The van der Waals surface area contributed by atoms with Crippen LogP contribution in [-0.4, -0.2) is 16.3 Å². The van der Waals surface area contributed by atoms with Gasteiger partial charge in [0.25, 0.3) is 0 Å². The molecule has 2 atom stereocenters. The van der Waals surface area contributed by atoms with Crippen molar-refractivity contribution in [2.45, 2.75) is 35.8 Å². The molecule has 0 radical (unpaired) electrons. The van der Waals surface area contributed by atoms with Gasteiger partial charge in [-0.05, 0) is 37.1 Å². The number of benzene rings is 1. The Morgan fingerprint density at radius 2 is 1.88 bits per heavy atom. The predicted molar refractivity (Wildman–Crippen MR) is 65.6 cm³/mol. The summed E-state index contributed by atoms with van der Waals surface area (Å²) in [4.78, 5) is 12.1. The van der Waals surface area contributed by atoms with Crippen molar-refractivity contribution in [3.63, 3.8) is 0 Å². The van der Waals surface area contributed by atoms with Crippen molar-refractivity contribution < 1.29 is 14.3 Å². The molecule has 1 fully saturated rings. The average molecular weight is 254 g/mol. The minimum absolute atomic E-state index is 0.117. The highest BCUT2D eigenvalue weighted by atomic mass is 32.2. The second kappa shape index (κ2) is 5.54. The first-order valence-corrected chi connectivity index (χ1v) is 6.70. The van der Waals surface area contributed by atoms with Gasteiger partial charge in [0.1, 0.15) is 5.82 Å². The van der Waals surface area contributed by atoms with Gasteiger partial charge < -0.3 is 5.11 Å². The van der Waals surface area contributed by atoms with E-state index < -0.39 is 5.97 Å². The number of carboxylic acid groups (broad SMARTS) is 1. The molecule has 92 valence electrons. The Kier molecular flexibility index (Phi) is 4.05. The van der Waals surface area contributed by atoms with E-state index >= 15 is 0 Å². The molecule has 1 N–H and O–H groups in total. The lowest BCUT2D eigenvalue weighted by Gasteiger charge is -2.27. The lowest BCUT2D eigenvalue weighted by molar-refractivity contribution is -0.142. The summed E-state index contributed by atoms with van der Waals surface area (Å²) in [6.45, 7) is 0. The Labute approximate surface area is 104 Å². The third-order valence-corrected chi connectivity index (χ3v) is 4.53. The van der Waals surface area contributed by atoms with E-state index in [9.17, 15) is 9.18 Å². The van der Waals surface area contributed by atoms with Crippen LogP contribution in [0.4, 0.5) is 4.39 Å². The third-order valence-electron chi connectivity index (χ3n) is 3.12. The Balaban J connectivity index is 2.05. The zero-order chi connectivity index (χ0) is 12.3. The number of rotatable bonds is 3. The number of halogens is 1. The SMILES string of the molecule is O=C(O)C1CCCCC1Sc1ccc(F)cc1. The molecule has 1 aromatic carbocycles. The van der Waals surface area contributed by atoms with E-state index in [4.69, 9.17) is 5.11 Å². The predicted octanol–water partition coefficient (Wildman–Crippen LogP) is 3.56. The van der Waals surface area contributed by atoms with Crippen LogP contribution in [0.2, 0.25) is 0 Å². The molecule has 0 spiro atoms. The Bertz CT molecular complexity index is 391. The summed E-state index contributed by atoms with van der Waals surface area (Å²) < 4.78 is 12.8. The van der Waals surface area contributed by atoms with E-state index in [0.717, 1.165) is 30.6 Å². The van der Waals surface area contributed by atoms with Crippen LogP contribution in [0.25, 0.3) is 0 Å². The molecule has 1 aliphatic carbocycles. The molecule has 2 rings (SSSR count). The maximum atomic E-state index is 12.8. The van der Waals surface area contributed by atoms with E-state index in [2.05, 4.69) is 0 Å². The number of aliphatic carboxylic acids is 1. The summed E-state index contributed by atoms with van der Waals surface area (Å²) in [5.41, 5.74) is 0. The van der Waals surface area contributed by atoms with Crippen LogP contribution in [-0.2, 0) is 4.79 Å². The van der Waals surface area contributed by atoms with Crippen LogP contribution >= 0.6 is 11.8 Å². The van der Waals surface area contributed by atoms with Crippen LogP contribution in [0.5, 0.6) is 0 Å². The molecule has 4 heteroatoms. The smallest absolute Gasteiger partial charge is 0.307 e. The molecule has 17 heavy (non-hydrogen) atoms. The first-order valence-electron chi connectivity index (χ1n) is 5.82. The average Bonchev–Trinajstić information content (AvgIpc) is 2.32. The molecule has 2 unspecified atom stereocenters. The normalized spacial score (nSPS) is 24.5. The van der Waals surface area contributed by atoms with Crippen molar-refractivity contribution in [2.75, 3.05) is 0 Å². The van der Waals surface area contributed by atoms with Gasteiger partial charge in [0.05, 0.1) is 5.92 Å². The molecular weight excluding hydrogens is 239 g/mol. The number of hydrogen-bond donors (Lipinski definition) is 1. The molecule has 1 saturated carbocycles. The lowest BCUT2D eigenvalue weighted by atomic mass is 9.89. The standard InChI is InChI=1S/C13H15FO2S/c14-9-5-7-10(8-6-9)17-12-4-2-1-3-11(12)13(15)16/h5-8,11-12H,1-4H2,(H,15,16). The van der Waals surface area contributed by atoms with Crippen molar-refractivity contribution in [1.29, 1.82) is 0 Å². The van der Waals surface area contributed by atoms with Crippen LogP contribution in [0.3, 0.4) is 0 Å². The minimum atomic E-state index is -0.704. The molecule has 0 saturated heterocycles. The maximum Gasteiger partial charge on any atom is 0.307 e. The van der Waals surface area contributed by atoms with Gasteiger partial charge in [-0.25, -0.2) is 4.39 Å². The largest absolute Gasteiger partial charge is 0.481 e. The van der Waals surface area contributed by atoms with Gasteiger partial charge in [-0.1, -0.05) is 12.8 Å². The summed E-state index contributed by atoms with van der Waals surface area (Å²) >= 11 is 1.56. The van der Waals surface area contributed by atoms with Crippen molar-refractivity contribution in [3.8, 4) is 0 Å².